The highest BCUT2D eigenvalue weighted by Crippen LogP contribution is 2.27. The number of benzene rings is 1. The summed E-state index contributed by atoms with van der Waals surface area (Å²) in [6, 6.07) is 4.28. The van der Waals surface area contributed by atoms with Gasteiger partial charge in [0.25, 0.3) is 0 Å². The summed E-state index contributed by atoms with van der Waals surface area (Å²) in [7, 11) is 1.42. The molecule has 3 rings (SSSR count). The lowest BCUT2D eigenvalue weighted by atomic mass is 10.1. The summed E-state index contributed by atoms with van der Waals surface area (Å²) in [5.74, 6) is 0.419. The fourth-order valence-electron chi connectivity index (χ4n) is 3.06. The SMILES string of the molecule is CCCN(CCC(C)CC)c1nccs1.COc1cc(C(=O)O)ccc1NN(O)c1csc(C)n1. The average molecular weight is 522 g/mol. The van der Waals surface area contributed by atoms with Crippen molar-refractivity contribution in [3.05, 3.63) is 45.7 Å². The Morgan fingerprint density at radius 2 is 2.03 bits per heavy atom. The molecule has 0 radical (unpaired) electrons. The maximum absolute atomic E-state index is 10.9. The minimum Gasteiger partial charge on any atom is -0.494 e. The van der Waals surface area contributed by atoms with E-state index in [4.69, 9.17) is 9.84 Å². The van der Waals surface area contributed by atoms with Gasteiger partial charge in [0.05, 0.1) is 23.4 Å². The quantitative estimate of drug-likeness (QED) is 0.241. The summed E-state index contributed by atoms with van der Waals surface area (Å²) in [6.07, 6.45) is 5.64. The first-order valence-corrected chi connectivity index (χ1v) is 13.3. The lowest BCUT2D eigenvalue weighted by Crippen LogP contribution is -2.26. The Labute approximate surface area is 215 Å². The lowest BCUT2D eigenvalue weighted by Gasteiger charge is -2.22. The van der Waals surface area contributed by atoms with Crippen molar-refractivity contribution in [3.63, 3.8) is 0 Å². The van der Waals surface area contributed by atoms with Crippen LogP contribution >= 0.6 is 22.7 Å². The van der Waals surface area contributed by atoms with E-state index >= 15 is 0 Å². The third-order valence-electron chi connectivity index (χ3n) is 5.27. The van der Waals surface area contributed by atoms with Crippen LogP contribution in [0.15, 0.2) is 35.2 Å². The van der Waals surface area contributed by atoms with Gasteiger partial charge in [-0.15, -0.1) is 27.8 Å². The number of carboxylic acid groups (broad SMARTS) is 1. The van der Waals surface area contributed by atoms with Gasteiger partial charge in [-0.2, -0.15) is 0 Å². The molecule has 0 saturated carbocycles. The van der Waals surface area contributed by atoms with Crippen LogP contribution in [0.5, 0.6) is 5.75 Å². The number of hydrogen-bond acceptors (Lipinski definition) is 10. The molecule has 0 aliphatic rings. The summed E-state index contributed by atoms with van der Waals surface area (Å²) >= 11 is 3.14. The van der Waals surface area contributed by atoms with E-state index in [1.165, 1.54) is 61.0 Å². The molecule has 2 heterocycles. The second-order valence-electron chi connectivity index (χ2n) is 7.97. The molecule has 1 unspecified atom stereocenters. The number of hydrogen-bond donors (Lipinski definition) is 3. The first kappa shape index (κ1) is 28.3. The first-order valence-electron chi connectivity index (χ1n) is 11.5. The molecule has 192 valence electrons. The molecular weight excluding hydrogens is 486 g/mol. The zero-order chi connectivity index (χ0) is 25.8. The van der Waals surface area contributed by atoms with Crippen molar-refractivity contribution < 1.29 is 19.8 Å². The van der Waals surface area contributed by atoms with Crippen LogP contribution in [0.1, 0.15) is 55.4 Å². The molecule has 3 N–H and O–H groups in total. The Morgan fingerprint density at radius 3 is 2.57 bits per heavy atom. The highest BCUT2D eigenvalue weighted by atomic mass is 32.1. The van der Waals surface area contributed by atoms with Crippen LogP contribution in [0.4, 0.5) is 16.6 Å². The van der Waals surface area contributed by atoms with E-state index in [1.807, 2.05) is 13.1 Å². The fraction of sp³-hybridized carbons (Fsp3) is 0.458. The van der Waals surface area contributed by atoms with E-state index in [1.54, 1.807) is 16.7 Å². The molecule has 2 aromatic heterocycles. The maximum Gasteiger partial charge on any atom is 0.335 e. The number of aromatic nitrogens is 2. The molecule has 35 heavy (non-hydrogen) atoms. The minimum absolute atomic E-state index is 0.0985. The van der Waals surface area contributed by atoms with Gasteiger partial charge in [0.15, 0.2) is 10.9 Å². The predicted molar refractivity (Wildman–Crippen MR) is 143 cm³/mol. The van der Waals surface area contributed by atoms with Crippen molar-refractivity contribution in [2.45, 2.75) is 47.0 Å². The molecule has 0 bridgehead atoms. The Morgan fingerprint density at radius 1 is 1.26 bits per heavy atom. The largest absolute Gasteiger partial charge is 0.494 e. The number of hydrazine groups is 1. The summed E-state index contributed by atoms with van der Waals surface area (Å²) in [6.45, 7) is 10.9. The summed E-state index contributed by atoms with van der Waals surface area (Å²) in [4.78, 5) is 21.8. The van der Waals surface area contributed by atoms with E-state index < -0.39 is 5.97 Å². The van der Waals surface area contributed by atoms with E-state index in [0.717, 1.165) is 29.2 Å². The highest BCUT2D eigenvalue weighted by molar-refractivity contribution is 7.13. The second kappa shape index (κ2) is 14.5. The van der Waals surface area contributed by atoms with E-state index in [2.05, 4.69) is 46.4 Å². The Bertz CT molecular complexity index is 1030. The zero-order valence-corrected chi connectivity index (χ0v) is 22.5. The van der Waals surface area contributed by atoms with Gasteiger partial charge in [-0.25, -0.2) is 14.8 Å². The van der Waals surface area contributed by atoms with Crippen molar-refractivity contribution >= 4 is 45.3 Å². The Hall–Kier alpha value is -2.89. The number of methoxy groups -OCH3 is 1. The number of ether oxygens (including phenoxy) is 1. The third kappa shape index (κ3) is 9.00. The van der Waals surface area contributed by atoms with Crippen LogP contribution in [0.3, 0.4) is 0 Å². The van der Waals surface area contributed by atoms with Crippen molar-refractivity contribution in [3.8, 4) is 5.75 Å². The van der Waals surface area contributed by atoms with Gasteiger partial charge in [-0.3, -0.25) is 10.6 Å². The van der Waals surface area contributed by atoms with Gasteiger partial charge in [0.2, 0.25) is 0 Å². The molecule has 9 nitrogen and oxygen atoms in total. The second-order valence-corrected chi connectivity index (χ2v) is 9.91. The number of thiazole rings is 2. The standard InChI is InChI=1S/C12H13N3O4S.C12H22N2S/c1-7-13-11(6-20-7)15(18)14-9-4-3-8(12(16)17)5-10(9)19-2;1-4-8-14(9-6-11(3)5-2)12-13-7-10-15-12/h3-6,14,18H,1-2H3,(H,16,17);7,10-11H,4-6,8-9H2,1-3H3. The molecule has 0 amide bonds. The summed E-state index contributed by atoms with van der Waals surface area (Å²) in [5.41, 5.74) is 3.19. The van der Waals surface area contributed by atoms with Crippen molar-refractivity contribution in [1.29, 1.82) is 0 Å². The van der Waals surface area contributed by atoms with Gasteiger partial charge in [0.1, 0.15) is 5.75 Å². The van der Waals surface area contributed by atoms with Crippen molar-refractivity contribution in [1.82, 2.24) is 9.97 Å². The number of carboxylic acids is 1. The molecule has 0 aliphatic heterocycles. The topological polar surface area (TPSA) is 111 Å². The van der Waals surface area contributed by atoms with Gasteiger partial charge in [0, 0.05) is 30.0 Å². The molecule has 11 heteroatoms. The van der Waals surface area contributed by atoms with E-state index in [0.29, 0.717) is 17.3 Å². The third-order valence-corrected chi connectivity index (χ3v) is 6.86. The van der Waals surface area contributed by atoms with Crippen molar-refractivity contribution in [2.75, 3.05) is 35.7 Å². The normalized spacial score (nSPS) is 11.3. The number of nitrogens with one attached hydrogen (secondary N) is 1. The smallest absolute Gasteiger partial charge is 0.335 e. The van der Waals surface area contributed by atoms with Gasteiger partial charge < -0.3 is 14.7 Å². The van der Waals surface area contributed by atoms with Crippen LogP contribution in [-0.2, 0) is 0 Å². The predicted octanol–water partition coefficient (Wildman–Crippen LogP) is 6.18. The molecule has 0 fully saturated rings. The molecule has 0 aliphatic carbocycles. The molecule has 1 atom stereocenters. The average Bonchev–Trinajstić information content (AvgIpc) is 3.54. The van der Waals surface area contributed by atoms with Gasteiger partial charge >= 0.3 is 5.97 Å². The number of carbonyl (C=O) groups is 1. The molecule has 1 aromatic carbocycles. The van der Waals surface area contributed by atoms with E-state index in [-0.39, 0.29) is 5.56 Å². The minimum atomic E-state index is -1.05. The zero-order valence-electron chi connectivity index (χ0n) is 20.9. The highest BCUT2D eigenvalue weighted by Gasteiger charge is 2.13. The Kier molecular flexibility index (Phi) is 11.7. The first-order chi connectivity index (χ1) is 16.8. The van der Waals surface area contributed by atoms with Crippen LogP contribution in [0, 0.1) is 12.8 Å². The number of aromatic carboxylic acids is 1. The Balaban J connectivity index is 0.000000258. The van der Waals surface area contributed by atoms with E-state index in [9.17, 15) is 10.0 Å². The fourth-order valence-corrected chi connectivity index (χ4v) is 4.33. The van der Waals surface area contributed by atoms with Crippen LogP contribution < -0.4 is 20.2 Å². The van der Waals surface area contributed by atoms with Crippen LogP contribution in [0.25, 0.3) is 0 Å². The van der Waals surface area contributed by atoms with Crippen LogP contribution in [-0.4, -0.2) is 46.5 Å². The van der Waals surface area contributed by atoms with Crippen LogP contribution in [0.2, 0.25) is 0 Å². The van der Waals surface area contributed by atoms with Gasteiger partial charge in [-0.05, 0) is 43.9 Å². The lowest BCUT2D eigenvalue weighted by molar-refractivity contribution is 0.0696. The number of anilines is 3. The summed E-state index contributed by atoms with van der Waals surface area (Å²) < 4.78 is 5.10. The molecular formula is C24H35N5O4S2. The molecule has 0 saturated heterocycles. The molecule has 0 spiro atoms. The number of rotatable bonds is 12. The maximum atomic E-state index is 10.9. The number of nitrogens with zero attached hydrogens (tertiary/aromatic N) is 4. The summed E-state index contributed by atoms with van der Waals surface area (Å²) in [5, 5.41) is 25.3. The monoisotopic (exact) mass is 521 g/mol. The van der Waals surface area contributed by atoms with Crippen molar-refractivity contribution in [2.24, 2.45) is 5.92 Å². The molecule has 3 aromatic rings. The number of aryl methyl sites for hydroxylation is 1. The van der Waals surface area contributed by atoms with Gasteiger partial charge in [-0.1, -0.05) is 27.2 Å².